The fourth-order valence-electron chi connectivity index (χ4n) is 3.25. The second-order valence-electron chi connectivity index (χ2n) is 6.32. The minimum Gasteiger partial charge on any atom is -0.478 e. The van der Waals surface area contributed by atoms with E-state index in [-0.39, 0.29) is 32.4 Å². The Labute approximate surface area is 174 Å². The maximum atomic E-state index is 14.7. The van der Waals surface area contributed by atoms with E-state index in [0.717, 1.165) is 6.07 Å². The second-order valence-corrected chi connectivity index (χ2v) is 7.14. The third-order valence-electron chi connectivity index (χ3n) is 4.61. The molecule has 0 unspecified atom stereocenters. The lowest BCUT2D eigenvalue weighted by atomic mass is 10.0. The minimum atomic E-state index is -1.22. The first kappa shape index (κ1) is 19.2. The molecule has 2 aromatic heterocycles. The van der Waals surface area contributed by atoms with Crippen molar-refractivity contribution in [3.63, 3.8) is 0 Å². The number of fused-ring (bicyclic) bond motifs is 1. The van der Waals surface area contributed by atoms with Crippen LogP contribution in [0.4, 0.5) is 4.39 Å². The van der Waals surface area contributed by atoms with E-state index in [0.29, 0.717) is 11.1 Å². The molecule has 0 atom stereocenters. The number of carbonyl (C=O) groups excluding carboxylic acids is 1. The van der Waals surface area contributed by atoms with Gasteiger partial charge in [-0.1, -0.05) is 41.4 Å². The number of carboxylic acids is 1. The van der Waals surface area contributed by atoms with Crippen LogP contribution in [0.5, 0.6) is 0 Å². The highest BCUT2D eigenvalue weighted by atomic mass is 35.5. The van der Waals surface area contributed by atoms with Crippen molar-refractivity contribution in [2.75, 3.05) is 0 Å². The quantitative estimate of drug-likeness (QED) is 0.407. The van der Waals surface area contributed by atoms with Crippen LogP contribution in [0.2, 0.25) is 10.0 Å². The van der Waals surface area contributed by atoms with Gasteiger partial charge in [0, 0.05) is 17.3 Å². The van der Waals surface area contributed by atoms with E-state index in [1.54, 1.807) is 53.1 Å². The van der Waals surface area contributed by atoms with Gasteiger partial charge in [0.25, 0.3) is 0 Å². The summed E-state index contributed by atoms with van der Waals surface area (Å²) in [5, 5.41) is 9.49. The smallest absolute Gasteiger partial charge is 0.335 e. The number of ketones is 1. The van der Waals surface area contributed by atoms with Gasteiger partial charge in [-0.25, -0.2) is 9.18 Å². The predicted octanol–water partition coefficient (Wildman–Crippen LogP) is 5.98. The van der Waals surface area contributed by atoms with Crippen LogP contribution in [0.1, 0.15) is 26.4 Å². The van der Waals surface area contributed by atoms with Gasteiger partial charge in [0.1, 0.15) is 5.82 Å². The van der Waals surface area contributed by atoms with Crippen molar-refractivity contribution < 1.29 is 19.1 Å². The second kappa shape index (κ2) is 7.35. The molecule has 2 heterocycles. The van der Waals surface area contributed by atoms with E-state index in [4.69, 9.17) is 28.3 Å². The van der Waals surface area contributed by atoms with Crippen molar-refractivity contribution in [2.45, 2.75) is 0 Å². The van der Waals surface area contributed by atoms with Gasteiger partial charge in [-0.05, 0) is 42.5 Å². The van der Waals surface area contributed by atoms with Crippen LogP contribution in [-0.4, -0.2) is 21.3 Å². The zero-order chi connectivity index (χ0) is 20.7. The Morgan fingerprint density at radius 2 is 1.62 bits per heavy atom. The summed E-state index contributed by atoms with van der Waals surface area (Å²) < 4.78 is 16.3. The number of carboxylic acid groups (broad SMARTS) is 1. The number of nitrogens with zero attached hydrogens (tertiary/aromatic N) is 1. The molecule has 0 saturated heterocycles. The summed E-state index contributed by atoms with van der Waals surface area (Å²) in [5.74, 6) is -2.33. The van der Waals surface area contributed by atoms with Gasteiger partial charge in [0.05, 0.1) is 32.4 Å². The molecular formula is C22H12Cl2FNO3. The Bertz CT molecular complexity index is 1280. The van der Waals surface area contributed by atoms with Crippen molar-refractivity contribution >= 4 is 40.5 Å². The van der Waals surface area contributed by atoms with E-state index in [2.05, 4.69) is 0 Å². The van der Waals surface area contributed by atoms with Gasteiger partial charge < -0.3 is 9.51 Å². The Hall–Kier alpha value is -3.15. The summed E-state index contributed by atoms with van der Waals surface area (Å²) in [7, 11) is 0. The molecule has 0 aliphatic rings. The third kappa shape index (κ3) is 3.28. The molecule has 7 heteroatoms. The van der Waals surface area contributed by atoms with Crippen molar-refractivity contribution in [1.82, 2.24) is 4.40 Å². The standard InChI is InChI=1S/C22H12Cl2FNO3/c23-15-4-3-5-16(24)20(15)21(27)19-11-14(18-6-1-2-9-26(18)19)13-8-7-12(22(28)29)10-17(13)25/h1-11H,(H,28,29). The molecule has 1 N–H and O–H groups in total. The lowest BCUT2D eigenvalue weighted by molar-refractivity contribution is 0.0696. The zero-order valence-corrected chi connectivity index (χ0v) is 16.2. The van der Waals surface area contributed by atoms with Gasteiger partial charge in [-0.15, -0.1) is 0 Å². The van der Waals surface area contributed by atoms with Crippen LogP contribution >= 0.6 is 23.2 Å². The summed E-state index contributed by atoms with van der Waals surface area (Å²) in [5.41, 5.74) is 1.48. The van der Waals surface area contributed by atoms with Crippen molar-refractivity contribution in [1.29, 1.82) is 0 Å². The number of benzene rings is 2. The number of pyridine rings is 1. The highest BCUT2D eigenvalue weighted by Crippen LogP contribution is 2.33. The fourth-order valence-corrected chi connectivity index (χ4v) is 3.82. The normalized spacial score (nSPS) is 11.0. The molecule has 0 amide bonds. The van der Waals surface area contributed by atoms with Crippen molar-refractivity contribution in [3.05, 3.63) is 99.5 Å². The van der Waals surface area contributed by atoms with E-state index < -0.39 is 17.6 Å². The summed E-state index contributed by atoms with van der Waals surface area (Å²) >= 11 is 12.4. The average molecular weight is 428 g/mol. The van der Waals surface area contributed by atoms with Crippen LogP contribution in [0.25, 0.3) is 16.6 Å². The maximum absolute atomic E-state index is 14.7. The Kier molecular flexibility index (Phi) is 4.86. The van der Waals surface area contributed by atoms with Crippen molar-refractivity contribution in [3.8, 4) is 11.1 Å². The first-order valence-electron chi connectivity index (χ1n) is 8.50. The largest absolute Gasteiger partial charge is 0.478 e. The lowest BCUT2D eigenvalue weighted by Crippen LogP contribution is -2.06. The van der Waals surface area contributed by atoms with Crippen LogP contribution in [0.3, 0.4) is 0 Å². The highest BCUT2D eigenvalue weighted by molar-refractivity contribution is 6.41. The van der Waals surface area contributed by atoms with Gasteiger partial charge in [0.2, 0.25) is 5.78 Å². The zero-order valence-electron chi connectivity index (χ0n) is 14.7. The van der Waals surface area contributed by atoms with Crippen molar-refractivity contribution in [2.24, 2.45) is 0 Å². The molecule has 4 nitrogen and oxygen atoms in total. The number of hydrogen-bond donors (Lipinski definition) is 1. The lowest BCUT2D eigenvalue weighted by Gasteiger charge is -2.06. The summed E-state index contributed by atoms with van der Waals surface area (Å²) in [6.45, 7) is 0. The summed E-state index contributed by atoms with van der Waals surface area (Å²) in [6, 6.07) is 15.2. The monoisotopic (exact) mass is 427 g/mol. The first-order chi connectivity index (χ1) is 13.9. The van der Waals surface area contributed by atoms with Crippen LogP contribution < -0.4 is 0 Å². The molecule has 144 valence electrons. The molecule has 2 aromatic carbocycles. The average Bonchev–Trinajstić information content (AvgIpc) is 3.07. The van der Waals surface area contributed by atoms with Gasteiger partial charge in [-0.3, -0.25) is 4.79 Å². The molecule has 0 saturated carbocycles. The molecule has 4 aromatic rings. The molecule has 0 radical (unpaired) electrons. The van der Waals surface area contributed by atoms with Crippen LogP contribution in [0.15, 0.2) is 66.9 Å². The minimum absolute atomic E-state index is 0.158. The summed E-state index contributed by atoms with van der Waals surface area (Å²) in [4.78, 5) is 24.3. The maximum Gasteiger partial charge on any atom is 0.335 e. The summed E-state index contributed by atoms with van der Waals surface area (Å²) in [6.07, 6.45) is 1.68. The Morgan fingerprint density at radius 3 is 2.28 bits per heavy atom. The molecular weight excluding hydrogens is 416 g/mol. The molecule has 0 aliphatic carbocycles. The van der Waals surface area contributed by atoms with E-state index >= 15 is 0 Å². The van der Waals surface area contributed by atoms with Gasteiger partial charge in [0.15, 0.2) is 0 Å². The molecule has 0 bridgehead atoms. The number of aromatic carboxylic acids is 1. The number of hydrogen-bond acceptors (Lipinski definition) is 2. The van der Waals surface area contributed by atoms with E-state index in [1.165, 1.54) is 12.1 Å². The highest BCUT2D eigenvalue weighted by Gasteiger charge is 2.23. The molecule has 29 heavy (non-hydrogen) atoms. The number of rotatable bonds is 4. The van der Waals surface area contributed by atoms with Crippen LogP contribution in [0, 0.1) is 5.82 Å². The number of carbonyl (C=O) groups is 2. The van der Waals surface area contributed by atoms with Crippen LogP contribution in [-0.2, 0) is 0 Å². The molecule has 0 aliphatic heterocycles. The Morgan fingerprint density at radius 1 is 0.897 bits per heavy atom. The third-order valence-corrected chi connectivity index (χ3v) is 5.24. The van der Waals surface area contributed by atoms with Gasteiger partial charge >= 0.3 is 5.97 Å². The topological polar surface area (TPSA) is 58.8 Å². The predicted molar refractivity (Wildman–Crippen MR) is 110 cm³/mol. The molecule has 0 spiro atoms. The molecule has 4 rings (SSSR count). The van der Waals surface area contributed by atoms with Gasteiger partial charge in [-0.2, -0.15) is 0 Å². The van der Waals surface area contributed by atoms with E-state index in [1.807, 2.05) is 0 Å². The SMILES string of the molecule is O=C(O)c1ccc(-c2cc(C(=O)c3c(Cl)cccc3Cl)n3ccccc23)c(F)c1. The number of aromatic nitrogens is 1. The number of halogens is 3. The molecule has 0 fully saturated rings. The Balaban J connectivity index is 1.94. The van der Waals surface area contributed by atoms with E-state index in [9.17, 15) is 14.0 Å². The fraction of sp³-hybridized carbons (Fsp3) is 0. The first-order valence-corrected chi connectivity index (χ1v) is 9.26.